The van der Waals surface area contributed by atoms with Crippen molar-refractivity contribution in [3.8, 4) is 0 Å². The van der Waals surface area contributed by atoms with Crippen LogP contribution in [0.5, 0.6) is 0 Å². The molecule has 1 nitrogen and oxygen atoms in total. The molecule has 0 amide bonds. The minimum Gasteiger partial charge on any atom is -0.310 e. The van der Waals surface area contributed by atoms with Gasteiger partial charge in [0.1, 0.15) is 0 Å². The van der Waals surface area contributed by atoms with Gasteiger partial charge in [-0.25, -0.2) is 0 Å². The third-order valence-corrected chi connectivity index (χ3v) is 3.66. The Bertz CT molecular complexity index is 174. The van der Waals surface area contributed by atoms with Gasteiger partial charge in [-0.1, -0.05) is 84.0 Å². The maximum atomic E-state index is 7.35. The van der Waals surface area contributed by atoms with Gasteiger partial charge in [0.15, 0.2) is 0 Å². The summed E-state index contributed by atoms with van der Waals surface area (Å²) in [7, 11) is 0. The monoisotopic (exact) mass is 253 g/mol. The van der Waals surface area contributed by atoms with Crippen molar-refractivity contribution in [2.75, 3.05) is 0 Å². The molecule has 0 aromatic rings. The Kier molecular flexibility index (Phi) is 14.5. The molecule has 0 fully saturated rings. The normalized spacial score (nSPS) is 10.8. The number of hydrogen-bond donors (Lipinski definition) is 1. The van der Waals surface area contributed by atoms with E-state index in [0.717, 1.165) is 12.1 Å². The topological polar surface area (TPSA) is 23.9 Å². The van der Waals surface area contributed by atoms with Crippen LogP contribution in [0.15, 0.2) is 0 Å². The Balaban J connectivity index is 2.92. The van der Waals surface area contributed by atoms with Crippen molar-refractivity contribution in [2.45, 2.75) is 104 Å². The second-order valence-electron chi connectivity index (χ2n) is 5.77. The number of unbranched alkanes of at least 4 members (excludes halogenated alkanes) is 12. The van der Waals surface area contributed by atoms with Crippen molar-refractivity contribution in [1.29, 1.82) is 5.41 Å². The van der Waals surface area contributed by atoms with E-state index in [9.17, 15) is 0 Å². The lowest BCUT2D eigenvalue weighted by atomic mass is 10.0. The van der Waals surface area contributed by atoms with E-state index in [2.05, 4.69) is 6.92 Å². The summed E-state index contributed by atoms with van der Waals surface area (Å²) in [4.78, 5) is 0. The first kappa shape index (κ1) is 17.7. The first-order valence-corrected chi connectivity index (χ1v) is 8.31. The zero-order chi connectivity index (χ0) is 13.5. The van der Waals surface area contributed by atoms with E-state index in [1.54, 1.807) is 0 Å². The molecule has 0 aliphatic rings. The molecule has 0 aromatic carbocycles. The summed E-state index contributed by atoms with van der Waals surface area (Å²) < 4.78 is 0. The van der Waals surface area contributed by atoms with Crippen LogP contribution in [0.25, 0.3) is 0 Å². The molecule has 0 atom stereocenters. The van der Waals surface area contributed by atoms with Gasteiger partial charge in [0.25, 0.3) is 0 Å². The van der Waals surface area contributed by atoms with Crippen LogP contribution in [0.4, 0.5) is 0 Å². The Labute approximate surface area is 115 Å². The van der Waals surface area contributed by atoms with Crippen LogP contribution in [-0.2, 0) is 0 Å². The van der Waals surface area contributed by atoms with Crippen molar-refractivity contribution in [3.63, 3.8) is 0 Å². The van der Waals surface area contributed by atoms with Crippen LogP contribution in [0, 0.1) is 5.41 Å². The Hall–Kier alpha value is -0.330. The van der Waals surface area contributed by atoms with Crippen molar-refractivity contribution in [2.24, 2.45) is 0 Å². The third-order valence-electron chi connectivity index (χ3n) is 3.66. The van der Waals surface area contributed by atoms with Gasteiger partial charge < -0.3 is 5.41 Å². The van der Waals surface area contributed by atoms with Gasteiger partial charge in [-0.15, -0.1) is 0 Å². The molecule has 108 valence electrons. The molecule has 0 aromatic heterocycles. The van der Waals surface area contributed by atoms with E-state index in [1.807, 2.05) is 6.92 Å². The van der Waals surface area contributed by atoms with E-state index in [0.29, 0.717) is 0 Å². The van der Waals surface area contributed by atoms with Crippen LogP contribution in [0.2, 0.25) is 0 Å². The van der Waals surface area contributed by atoms with Gasteiger partial charge in [0.05, 0.1) is 0 Å². The lowest BCUT2D eigenvalue weighted by molar-refractivity contribution is 0.541. The SMILES string of the molecule is CCCCCCCCCCCCCCCC(C)=N. The zero-order valence-electron chi connectivity index (χ0n) is 12.9. The van der Waals surface area contributed by atoms with Crippen LogP contribution in [0.1, 0.15) is 104 Å². The summed E-state index contributed by atoms with van der Waals surface area (Å²) in [5.74, 6) is 0. The molecule has 1 N–H and O–H groups in total. The van der Waals surface area contributed by atoms with Gasteiger partial charge in [-0.3, -0.25) is 0 Å². The molecule has 0 spiro atoms. The fourth-order valence-corrected chi connectivity index (χ4v) is 2.41. The molecule has 0 heterocycles. The first-order chi connectivity index (χ1) is 8.77. The van der Waals surface area contributed by atoms with E-state index < -0.39 is 0 Å². The molecular weight excluding hydrogens is 218 g/mol. The maximum absolute atomic E-state index is 7.35. The highest BCUT2D eigenvalue weighted by Gasteiger charge is 1.94. The average Bonchev–Trinajstić information content (AvgIpc) is 2.34. The van der Waals surface area contributed by atoms with Crippen molar-refractivity contribution in [1.82, 2.24) is 0 Å². The predicted octanol–water partition coefficient (Wildman–Crippen LogP) is 6.51. The smallest absolute Gasteiger partial charge is 0.00582 e. The van der Waals surface area contributed by atoms with Crippen molar-refractivity contribution >= 4 is 5.71 Å². The molecule has 18 heavy (non-hydrogen) atoms. The fourth-order valence-electron chi connectivity index (χ4n) is 2.41. The van der Waals surface area contributed by atoms with Gasteiger partial charge in [-0.2, -0.15) is 0 Å². The zero-order valence-corrected chi connectivity index (χ0v) is 12.9. The molecule has 0 saturated heterocycles. The first-order valence-electron chi connectivity index (χ1n) is 8.31. The summed E-state index contributed by atoms with van der Waals surface area (Å²) >= 11 is 0. The highest BCUT2D eigenvalue weighted by atomic mass is 14.4. The number of nitrogens with one attached hydrogen (secondary N) is 1. The van der Waals surface area contributed by atoms with Crippen LogP contribution in [-0.4, -0.2) is 5.71 Å². The molecule has 0 aliphatic heterocycles. The highest BCUT2D eigenvalue weighted by Crippen LogP contribution is 2.12. The Morgan fingerprint density at radius 2 is 0.944 bits per heavy atom. The molecule has 0 bridgehead atoms. The summed E-state index contributed by atoms with van der Waals surface area (Å²) in [6, 6.07) is 0. The molecular formula is C17H35N. The standard InChI is InChI=1S/C17H35N/c1-3-4-5-6-7-8-9-10-11-12-13-14-15-16-17(2)18/h18H,3-16H2,1-2H3. The summed E-state index contributed by atoms with van der Waals surface area (Å²) in [6.45, 7) is 4.20. The largest absolute Gasteiger partial charge is 0.310 e. The lowest BCUT2D eigenvalue weighted by Crippen LogP contribution is -1.88. The fraction of sp³-hybridized carbons (Fsp3) is 0.941. The highest BCUT2D eigenvalue weighted by molar-refractivity contribution is 5.78. The Morgan fingerprint density at radius 1 is 0.611 bits per heavy atom. The average molecular weight is 253 g/mol. The van der Waals surface area contributed by atoms with Crippen molar-refractivity contribution in [3.05, 3.63) is 0 Å². The van der Waals surface area contributed by atoms with Gasteiger partial charge in [0.2, 0.25) is 0 Å². The van der Waals surface area contributed by atoms with E-state index in [-0.39, 0.29) is 0 Å². The number of rotatable bonds is 14. The van der Waals surface area contributed by atoms with Gasteiger partial charge >= 0.3 is 0 Å². The lowest BCUT2D eigenvalue weighted by Gasteiger charge is -2.02. The van der Waals surface area contributed by atoms with Crippen LogP contribution < -0.4 is 0 Å². The molecule has 0 rings (SSSR count). The molecule has 0 unspecified atom stereocenters. The maximum Gasteiger partial charge on any atom is 0.00582 e. The Morgan fingerprint density at radius 3 is 1.28 bits per heavy atom. The number of hydrogen-bond acceptors (Lipinski definition) is 1. The van der Waals surface area contributed by atoms with Crippen LogP contribution in [0.3, 0.4) is 0 Å². The third kappa shape index (κ3) is 15.7. The van der Waals surface area contributed by atoms with Crippen molar-refractivity contribution < 1.29 is 0 Å². The second kappa shape index (κ2) is 14.7. The molecule has 0 saturated carbocycles. The second-order valence-corrected chi connectivity index (χ2v) is 5.77. The minimum atomic E-state index is 0.845. The van der Waals surface area contributed by atoms with E-state index in [1.165, 1.54) is 83.5 Å². The molecule has 0 aliphatic carbocycles. The molecule has 0 radical (unpaired) electrons. The van der Waals surface area contributed by atoms with Gasteiger partial charge in [-0.05, 0) is 19.8 Å². The van der Waals surface area contributed by atoms with E-state index in [4.69, 9.17) is 5.41 Å². The predicted molar refractivity (Wildman–Crippen MR) is 83.7 cm³/mol. The quantitative estimate of drug-likeness (QED) is 0.269. The van der Waals surface area contributed by atoms with E-state index >= 15 is 0 Å². The summed E-state index contributed by atoms with van der Waals surface area (Å²) in [5, 5.41) is 7.35. The summed E-state index contributed by atoms with van der Waals surface area (Å²) in [6.07, 6.45) is 19.3. The van der Waals surface area contributed by atoms with Gasteiger partial charge in [0, 0.05) is 5.71 Å². The minimum absolute atomic E-state index is 0.845. The molecule has 1 heteroatoms. The summed E-state index contributed by atoms with van der Waals surface area (Å²) in [5.41, 5.74) is 0.845. The van der Waals surface area contributed by atoms with Crippen LogP contribution >= 0.6 is 0 Å².